The third kappa shape index (κ3) is 3.35. The predicted octanol–water partition coefficient (Wildman–Crippen LogP) is 4.15. The van der Waals surface area contributed by atoms with Crippen LogP contribution in [0.3, 0.4) is 0 Å². The molecule has 1 atom stereocenters. The Labute approximate surface area is 138 Å². The van der Waals surface area contributed by atoms with Crippen LogP contribution in [0, 0.1) is 6.92 Å². The first kappa shape index (κ1) is 15.9. The van der Waals surface area contributed by atoms with E-state index in [1.54, 1.807) is 7.11 Å². The molecule has 23 heavy (non-hydrogen) atoms. The minimum absolute atomic E-state index is 0.337. The summed E-state index contributed by atoms with van der Waals surface area (Å²) in [4.78, 5) is 2.43. The highest BCUT2D eigenvalue weighted by Crippen LogP contribution is 2.41. The van der Waals surface area contributed by atoms with E-state index in [0.717, 1.165) is 31.9 Å². The number of hydrogen-bond donors (Lipinski definition) is 0. The molecule has 3 rings (SSSR count). The van der Waals surface area contributed by atoms with Crippen molar-refractivity contribution in [1.82, 2.24) is 0 Å². The van der Waals surface area contributed by atoms with Gasteiger partial charge in [0.25, 0.3) is 0 Å². The number of fused-ring (bicyclic) bond motifs is 1. The summed E-state index contributed by atoms with van der Waals surface area (Å²) in [6, 6.07) is 16.9. The summed E-state index contributed by atoms with van der Waals surface area (Å²) in [6.07, 6.45) is 1.01. The lowest BCUT2D eigenvalue weighted by atomic mass is 9.92. The minimum Gasteiger partial charge on any atom is -0.479 e. The van der Waals surface area contributed by atoms with Gasteiger partial charge in [0.2, 0.25) is 0 Å². The number of anilines is 1. The highest BCUT2D eigenvalue weighted by molar-refractivity contribution is 5.62. The second-order valence-electron chi connectivity index (χ2n) is 6.44. The summed E-state index contributed by atoms with van der Waals surface area (Å²) < 4.78 is 11.6. The van der Waals surface area contributed by atoms with Gasteiger partial charge in [-0.05, 0) is 43.5 Å². The van der Waals surface area contributed by atoms with Crippen LogP contribution in [0.4, 0.5) is 5.69 Å². The van der Waals surface area contributed by atoms with E-state index in [4.69, 9.17) is 9.47 Å². The third-order valence-electron chi connectivity index (χ3n) is 4.44. The van der Waals surface area contributed by atoms with Crippen LogP contribution in [0.5, 0.6) is 5.75 Å². The van der Waals surface area contributed by atoms with Crippen LogP contribution in [0.15, 0.2) is 48.5 Å². The van der Waals surface area contributed by atoms with Crippen LogP contribution in [-0.4, -0.2) is 26.8 Å². The van der Waals surface area contributed by atoms with Gasteiger partial charge in [-0.1, -0.05) is 36.4 Å². The van der Waals surface area contributed by atoms with Crippen LogP contribution in [0.25, 0.3) is 0 Å². The number of hydrogen-bond acceptors (Lipinski definition) is 3. The van der Waals surface area contributed by atoms with Gasteiger partial charge in [0, 0.05) is 20.3 Å². The van der Waals surface area contributed by atoms with E-state index < -0.39 is 0 Å². The van der Waals surface area contributed by atoms with E-state index >= 15 is 0 Å². The molecule has 1 aliphatic rings. The fourth-order valence-electron chi connectivity index (χ4n) is 3.23. The quantitative estimate of drug-likeness (QED) is 0.774. The molecule has 0 spiro atoms. The summed E-state index contributed by atoms with van der Waals surface area (Å²) in [5, 5.41) is 0. The lowest BCUT2D eigenvalue weighted by molar-refractivity contribution is 0.0822. The Hall–Kier alpha value is -2.00. The number of ether oxygens (including phenoxy) is 2. The molecular weight excluding hydrogens is 286 g/mol. The average Bonchev–Trinajstić information content (AvgIpc) is 2.56. The van der Waals surface area contributed by atoms with Crippen molar-refractivity contribution < 1.29 is 9.47 Å². The van der Waals surface area contributed by atoms with E-state index in [-0.39, 0.29) is 5.60 Å². The van der Waals surface area contributed by atoms with E-state index in [1.807, 2.05) is 6.07 Å². The fraction of sp³-hybridized carbons (Fsp3) is 0.400. The first-order valence-electron chi connectivity index (χ1n) is 8.21. The van der Waals surface area contributed by atoms with Gasteiger partial charge < -0.3 is 14.4 Å². The molecule has 1 aliphatic heterocycles. The molecule has 1 unspecified atom stereocenters. The van der Waals surface area contributed by atoms with E-state index in [1.165, 1.54) is 16.8 Å². The monoisotopic (exact) mass is 311 g/mol. The van der Waals surface area contributed by atoms with Crippen LogP contribution in [-0.2, 0) is 10.3 Å². The van der Waals surface area contributed by atoms with Crippen LogP contribution in [0.1, 0.15) is 24.5 Å². The predicted molar refractivity (Wildman–Crippen MR) is 94.3 cm³/mol. The molecule has 3 heteroatoms. The van der Waals surface area contributed by atoms with Crippen LogP contribution >= 0.6 is 0 Å². The molecule has 1 heterocycles. The van der Waals surface area contributed by atoms with Gasteiger partial charge in [-0.2, -0.15) is 0 Å². The van der Waals surface area contributed by atoms with Crippen molar-refractivity contribution in [3.63, 3.8) is 0 Å². The van der Waals surface area contributed by atoms with Crippen molar-refractivity contribution in [3.05, 3.63) is 59.7 Å². The Bertz CT molecular complexity index is 656. The average molecular weight is 311 g/mol. The molecule has 2 aromatic rings. The van der Waals surface area contributed by atoms with Gasteiger partial charge >= 0.3 is 0 Å². The molecule has 0 amide bonds. The molecule has 3 nitrogen and oxygen atoms in total. The van der Waals surface area contributed by atoms with E-state index in [9.17, 15) is 0 Å². The smallest absolute Gasteiger partial charge is 0.149 e. The van der Waals surface area contributed by atoms with Crippen LogP contribution < -0.4 is 9.64 Å². The summed E-state index contributed by atoms with van der Waals surface area (Å²) in [7, 11) is 1.76. The largest absolute Gasteiger partial charge is 0.479 e. The molecule has 0 saturated carbocycles. The topological polar surface area (TPSA) is 21.7 Å². The maximum absolute atomic E-state index is 6.42. The molecule has 2 aromatic carbocycles. The molecular formula is C20H25NO2. The number of rotatable bonds is 5. The Balaban J connectivity index is 1.94. The van der Waals surface area contributed by atoms with Crippen molar-refractivity contribution in [2.75, 3.05) is 31.7 Å². The van der Waals surface area contributed by atoms with Crippen molar-refractivity contribution in [3.8, 4) is 5.75 Å². The molecule has 0 saturated heterocycles. The standard InChI is InChI=1S/C20H25NO2/c1-16-10-11-19-18(14-16)21(12-7-13-22-3)15-20(2,23-19)17-8-5-4-6-9-17/h4-6,8-11,14H,7,12-13,15H2,1-3H3. The Morgan fingerprint density at radius 3 is 2.70 bits per heavy atom. The maximum Gasteiger partial charge on any atom is 0.149 e. The molecule has 0 aromatic heterocycles. The molecule has 0 fully saturated rings. The highest BCUT2D eigenvalue weighted by atomic mass is 16.5. The van der Waals surface area contributed by atoms with Gasteiger partial charge in [0.05, 0.1) is 12.2 Å². The highest BCUT2D eigenvalue weighted by Gasteiger charge is 2.37. The molecule has 0 aliphatic carbocycles. The molecule has 122 valence electrons. The Kier molecular flexibility index (Phi) is 4.58. The lowest BCUT2D eigenvalue weighted by Gasteiger charge is -2.43. The summed E-state index contributed by atoms with van der Waals surface area (Å²) in [5.74, 6) is 0.964. The lowest BCUT2D eigenvalue weighted by Crippen LogP contribution is -2.47. The van der Waals surface area contributed by atoms with Crippen molar-refractivity contribution in [2.24, 2.45) is 0 Å². The zero-order chi connectivity index (χ0) is 16.3. The maximum atomic E-state index is 6.42. The SMILES string of the molecule is COCCCN1CC(C)(c2ccccc2)Oc2ccc(C)cc21. The van der Waals surface area contributed by atoms with E-state index in [0.29, 0.717) is 0 Å². The number of aryl methyl sites for hydroxylation is 1. The number of nitrogens with zero attached hydrogens (tertiary/aromatic N) is 1. The first-order valence-corrected chi connectivity index (χ1v) is 8.21. The van der Waals surface area contributed by atoms with Crippen molar-refractivity contribution in [1.29, 1.82) is 0 Å². The zero-order valence-corrected chi connectivity index (χ0v) is 14.2. The summed E-state index contributed by atoms with van der Waals surface area (Å²) >= 11 is 0. The zero-order valence-electron chi connectivity index (χ0n) is 14.2. The summed E-state index contributed by atoms with van der Waals surface area (Å²) in [5.41, 5.74) is 3.32. The van der Waals surface area contributed by atoms with Gasteiger partial charge in [0.15, 0.2) is 0 Å². The van der Waals surface area contributed by atoms with Gasteiger partial charge in [-0.3, -0.25) is 0 Å². The molecule has 0 radical (unpaired) electrons. The number of methoxy groups -OCH3 is 1. The van der Waals surface area contributed by atoms with Crippen LogP contribution in [0.2, 0.25) is 0 Å². The Morgan fingerprint density at radius 2 is 1.96 bits per heavy atom. The van der Waals surface area contributed by atoms with Crippen molar-refractivity contribution in [2.45, 2.75) is 25.9 Å². The minimum atomic E-state index is -0.337. The molecule has 0 N–H and O–H groups in total. The fourth-order valence-corrected chi connectivity index (χ4v) is 3.23. The van der Waals surface area contributed by atoms with E-state index in [2.05, 4.69) is 61.2 Å². The summed E-state index contributed by atoms with van der Waals surface area (Å²) in [6.45, 7) is 6.89. The molecule has 0 bridgehead atoms. The van der Waals surface area contributed by atoms with Gasteiger partial charge in [-0.15, -0.1) is 0 Å². The second kappa shape index (κ2) is 6.63. The first-order chi connectivity index (χ1) is 11.1. The van der Waals surface area contributed by atoms with Gasteiger partial charge in [0.1, 0.15) is 11.4 Å². The third-order valence-corrected chi connectivity index (χ3v) is 4.44. The number of benzene rings is 2. The van der Waals surface area contributed by atoms with Crippen molar-refractivity contribution >= 4 is 5.69 Å². The Morgan fingerprint density at radius 1 is 1.17 bits per heavy atom. The normalized spacial score (nSPS) is 20.0. The van der Waals surface area contributed by atoms with Gasteiger partial charge in [-0.25, -0.2) is 0 Å². The second-order valence-corrected chi connectivity index (χ2v) is 6.44.